The number of hydrogen-bond donors (Lipinski definition) is 2. The van der Waals surface area contributed by atoms with Crippen molar-refractivity contribution >= 4 is 22.4 Å². The summed E-state index contributed by atoms with van der Waals surface area (Å²) in [6.07, 6.45) is 1.76. The number of nitrogens with zero attached hydrogens (tertiary/aromatic N) is 1. The highest BCUT2D eigenvalue weighted by Gasteiger charge is 2.09. The van der Waals surface area contributed by atoms with Crippen molar-refractivity contribution in [1.29, 1.82) is 0 Å². The lowest BCUT2D eigenvalue weighted by Gasteiger charge is -2.00. The molecule has 2 aromatic rings. The molecule has 2 rings (SSSR count). The van der Waals surface area contributed by atoms with Gasteiger partial charge in [-0.15, -0.1) is 11.3 Å². The molecule has 1 aromatic heterocycles. The molecule has 0 atom stereocenters. The average Bonchev–Trinajstić information content (AvgIpc) is 2.80. The molecule has 1 aromatic carbocycles. The van der Waals surface area contributed by atoms with Crippen molar-refractivity contribution in [2.75, 3.05) is 11.9 Å². The van der Waals surface area contributed by atoms with Gasteiger partial charge in [-0.2, -0.15) is 0 Å². The predicted molar refractivity (Wildman–Crippen MR) is 67.0 cm³/mol. The number of rotatable bonds is 4. The molecule has 1 heterocycles. The third-order valence-corrected chi connectivity index (χ3v) is 3.24. The molecule has 0 aliphatic heterocycles. The molecule has 0 aliphatic rings. The van der Waals surface area contributed by atoms with E-state index in [4.69, 9.17) is 5.11 Å². The predicted octanol–water partition coefficient (Wildman–Crippen LogP) is 1.94. The van der Waals surface area contributed by atoms with Gasteiger partial charge in [0.2, 0.25) is 0 Å². The molecule has 100 valence electrons. The van der Waals surface area contributed by atoms with Gasteiger partial charge in [-0.05, 0) is 11.6 Å². The van der Waals surface area contributed by atoms with Crippen LogP contribution in [0.15, 0.2) is 24.4 Å². The summed E-state index contributed by atoms with van der Waals surface area (Å²) in [5.74, 6) is -1.80. The van der Waals surface area contributed by atoms with Gasteiger partial charge in [0.05, 0.1) is 0 Å². The van der Waals surface area contributed by atoms with Crippen LogP contribution in [-0.4, -0.2) is 22.6 Å². The maximum atomic E-state index is 13.4. The number of anilines is 1. The zero-order chi connectivity index (χ0) is 13.8. The minimum atomic E-state index is -0.624. The third kappa shape index (κ3) is 3.55. The molecule has 0 aliphatic carbocycles. The molecular formula is C12H10F2N2O2S. The zero-order valence-electron chi connectivity index (χ0n) is 9.69. The first-order valence-corrected chi connectivity index (χ1v) is 6.19. The number of amides is 1. The summed E-state index contributed by atoms with van der Waals surface area (Å²) < 4.78 is 26.2. The van der Waals surface area contributed by atoms with Gasteiger partial charge in [-0.3, -0.25) is 10.1 Å². The fourth-order valence-corrected chi connectivity index (χ4v) is 2.31. The minimum Gasteiger partial charge on any atom is -0.387 e. The monoisotopic (exact) mass is 284 g/mol. The number of nitrogens with one attached hydrogen (secondary N) is 1. The van der Waals surface area contributed by atoms with E-state index >= 15 is 0 Å². The van der Waals surface area contributed by atoms with Crippen molar-refractivity contribution in [3.8, 4) is 0 Å². The quantitative estimate of drug-likeness (QED) is 0.902. The Balaban J connectivity index is 2.09. The van der Waals surface area contributed by atoms with Crippen LogP contribution in [-0.2, 0) is 11.2 Å². The molecule has 0 fully saturated rings. The van der Waals surface area contributed by atoms with E-state index in [0.29, 0.717) is 10.7 Å². The van der Waals surface area contributed by atoms with E-state index in [1.807, 2.05) is 0 Å². The van der Waals surface area contributed by atoms with Crippen LogP contribution < -0.4 is 5.32 Å². The number of hydrogen-bond acceptors (Lipinski definition) is 4. The Morgan fingerprint density at radius 2 is 2.21 bits per heavy atom. The number of aliphatic hydroxyl groups is 1. The number of aliphatic hydroxyl groups excluding tert-OH is 1. The van der Waals surface area contributed by atoms with E-state index in [1.165, 1.54) is 29.7 Å². The smallest absolute Gasteiger partial charge is 0.251 e. The van der Waals surface area contributed by atoms with E-state index < -0.39 is 24.1 Å². The molecule has 7 heteroatoms. The second-order valence-electron chi connectivity index (χ2n) is 3.75. The Bertz CT molecular complexity index is 601. The van der Waals surface area contributed by atoms with Gasteiger partial charge < -0.3 is 5.11 Å². The molecule has 4 nitrogen and oxygen atoms in total. The third-order valence-electron chi connectivity index (χ3n) is 2.32. The number of aromatic nitrogens is 1. The largest absolute Gasteiger partial charge is 0.387 e. The van der Waals surface area contributed by atoms with Crippen LogP contribution in [0.5, 0.6) is 0 Å². The molecular weight excluding hydrogens is 274 g/mol. The summed E-state index contributed by atoms with van der Waals surface area (Å²) in [5.41, 5.74) is 0.352. The summed E-state index contributed by atoms with van der Waals surface area (Å²) >= 11 is 1.17. The van der Waals surface area contributed by atoms with Gasteiger partial charge in [-0.25, -0.2) is 13.8 Å². The first-order chi connectivity index (χ1) is 9.08. The number of carbonyl (C=O) groups is 1. The Morgan fingerprint density at radius 3 is 2.89 bits per heavy atom. The van der Waals surface area contributed by atoms with E-state index in [0.717, 1.165) is 10.9 Å². The van der Waals surface area contributed by atoms with Crippen molar-refractivity contribution in [2.45, 2.75) is 6.42 Å². The summed E-state index contributed by atoms with van der Waals surface area (Å²) in [5, 5.41) is 11.3. The second kappa shape index (κ2) is 5.85. The SMILES string of the molecule is O=C(CO)Nc1ncc(Cc2ccc(F)cc2F)s1. The minimum absolute atomic E-state index is 0.263. The second-order valence-corrected chi connectivity index (χ2v) is 4.87. The van der Waals surface area contributed by atoms with Gasteiger partial charge in [-0.1, -0.05) is 6.07 Å². The van der Waals surface area contributed by atoms with Gasteiger partial charge in [0.25, 0.3) is 5.91 Å². The summed E-state index contributed by atoms with van der Waals surface area (Å²) in [6, 6.07) is 3.38. The van der Waals surface area contributed by atoms with E-state index in [1.54, 1.807) is 0 Å². The fraction of sp³-hybridized carbons (Fsp3) is 0.167. The Labute approximate surface area is 111 Å². The van der Waals surface area contributed by atoms with Crippen molar-refractivity contribution < 1.29 is 18.7 Å². The van der Waals surface area contributed by atoms with Crippen LogP contribution in [0.25, 0.3) is 0 Å². The summed E-state index contributed by atoms with van der Waals surface area (Å²) in [4.78, 5) is 15.6. The molecule has 0 spiro atoms. The lowest BCUT2D eigenvalue weighted by atomic mass is 10.1. The molecule has 0 saturated carbocycles. The van der Waals surface area contributed by atoms with Crippen molar-refractivity contribution in [1.82, 2.24) is 4.98 Å². The number of halogens is 2. The van der Waals surface area contributed by atoms with E-state index in [9.17, 15) is 13.6 Å². The lowest BCUT2D eigenvalue weighted by molar-refractivity contribution is -0.118. The van der Waals surface area contributed by atoms with Crippen molar-refractivity contribution in [3.05, 3.63) is 46.5 Å². The van der Waals surface area contributed by atoms with E-state index in [2.05, 4.69) is 10.3 Å². The molecule has 19 heavy (non-hydrogen) atoms. The molecule has 0 unspecified atom stereocenters. The molecule has 0 radical (unpaired) electrons. The molecule has 1 amide bonds. The van der Waals surface area contributed by atoms with Crippen LogP contribution in [0.4, 0.5) is 13.9 Å². The number of thiazole rings is 1. The average molecular weight is 284 g/mol. The maximum absolute atomic E-state index is 13.4. The van der Waals surface area contributed by atoms with Crippen molar-refractivity contribution in [3.63, 3.8) is 0 Å². The zero-order valence-corrected chi connectivity index (χ0v) is 10.5. The first-order valence-electron chi connectivity index (χ1n) is 5.38. The normalized spacial score (nSPS) is 10.5. The fourth-order valence-electron chi connectivity index (χ4n) is 1.46. The van der Waals surface area contributed by atoms with Crippen LogP contribution in [0.3, 0.4) is 0 Å². The summed E-state index contributed by atoms with van der Waals surface area (Å²) in [7, 11) is 0. The highest BCUT2D eigenvalue weighted by molar-refractivity contribution is 7.15. The number of benzene rings is 1. The van der Waals surface area contributed by atoms with Gasteiger partial charge >= 0.3 is 0 Å². The number of carbonyl (C=O) groups excluding carboxylic acids is 1. The molecule has 2 N–H and O–H groups in total. The Kier molecular flexibility index (Phi) is 4.18. The van der Waals surface area contributed by atoms with Gasteiger partial charge in [0, 0.05) is 23.6 Å². The van der Waals surface area contributed by atoms with E-state index in [-0.39, 0.29) is 6.42 Å². The molecule has 0 bridgehead atoms. The molecule has 0 saturated heterocycles. The highest BCUT2D eigenvalue weighted by Crippen LogP contribution is 2.22. The van der Waals surface area contributed by atoms with Crippen molar-refractivity contribution in [2.24, 2.45) is 0 Å². The Morgan fingerprint density at radius 1 is 1.42 bits per heavy atom. The van der Waals surface area contributed by atoms with Crippen LogP contribution in [0.1, 0.15) is 10.4 Å². The van der Waals surface area contributed by atoms with Crippen LogP contribution in [0.2, 0.25) is 0 Å². The van der Waals surface area contributed by atoms with Crippen LogP contribution in [0, 0.1) is 11.6 Å². The highest BCUT2D eigenvalue weighted by atomic mass is 32.1. The standard InChI is InChI=1S/C12H10F2N2O2S/c13-8-2-1-7(10(14)4-8)3-9-5-15-12(19-9)16-11(18)6-17/h1-2,4-5,17H,3,6H2,(H,15,16,18). The Hall–Kier alpha value is -1.86. The maximum Gasteiger partial charge on any atom is 0.251 e. The topological polar surface area (TPSA) is 62.2 Å². The van der Waals surface area contributed by atoms with Gasteiger partial charge in [0.15, 0.2) is 5.13 Å². The van der Waals surface area contributed by atoms with Gasteiger partial charge in [0.1, 0.15) is 18.2 Å². The first kappa shape index (κ1) is 13.6. The van der Waals surface area contributed by atoms with Crippen LogP contribution >= 0.6 is 11.3 Å². The summed E-state index contributed by atoms with van der Waals surface area (Å²) in [6.45, 7) is -0.624. The lowest BCUT2D eigenvalue weighted by Crippen LogP contribution is -2.14.